The van der Waals surface area contributed by atoms with Crippen molar-refractivity contribution in [2.75, 3.05) is 26.2 Å². The summed E-state index contributed by atoms with van der Waals surface area (Å²) >= 11 is 12.8. The maximum absolute atomic E-state index is 6.55. The lowest BCUT2D eigenvalue weighted by Crippen LogP contribution is -2.33. The first-order chi connectivity index (χ1) is 11.2. The highest BCUT2D eigenvalue weighted by molar-refractivity contribution is 6.42. The Bertz CT molecular complexity index is 647. The van der Waals surface area contributed by atoms with E-state index < -0.39 is 0 Å². The van der Waals surface area contributed by atoms with Gasteiger partial charge in [-0.15, -0.1) is 0 Å². The number of aryl methyl sites for hydroxylation is 1. The Morgan fingerprint density at radius 2 is 1.78 bits per heavy atom. The lowest BCUT2D eigenvalue weighted by atomic mass is 9.96. The molecule has 0 bridgehead atoms. The fourth-order valence-electron chi connectivity index (χ4n) is 3.19. The summed E-state index contributed by atoms with van der Waals surface area (Å²) in [6.45, 7) is 6.23. The van der Waals surface area contributed by atoms with Crippen LogP contribution < -0.4 is 5.32 Å². The number of hydrogen-bond acceptors (Lipinski definition) is 2. The van der Waals surface area contributed by atoms with E-state index in [1.807, 2.05) is 12.1 Å². The molecule has 122 valence electrons. The molecular formula is C19H22Cl2N2. The lowest BCUT2D eigenvalue weighted by Gasteiger charge is -2.32. The largest absolute Gasteiger partial charge is 0.315 e. The van der Waals surface area contributed by atoms with Crippen molar-refractivity contribution in [1.82, 2.24) is 10.2 Å². The minimum Gasteiger partial charge on any atom is -0.315 e. The molecular weight excluding hydrogens is 327 g/mol. The molecule has 1 aliphatic heterocycles. The third kappa shape index (κ3) is 3.89. The monoisotopic (exact) mass is 348 g/mol. The van der Waals surface area contributed by atoms with E-state index >= 15 is 0 Å². The molecule has 1 fully saturated rings. The van der Waals surface area contributed by atoms with Gasteiger partial charge in [0.05, 0.1) is 16.1 Å². The van der Waals surface area contributed by atoms with E-state index in [1.165, 1.54) is 11.1 Å². The highest BCUT2D eigenvalue weighted by Gasteiger charge is 2.25. The van der Waals surface area contributed by atoms with Crippen LogP contribution in [-0.4, -0.2) is 31.1 Å². The fraction of sp³-hybridized carbons (Fsp3) is 0.368. The number of halogens is 2. The average molecular weight is 349 g/mol. The second-order valence-corrected chi connectivity index (χ2v) is 6.88. The zero-order valence-corrected chi connectivity index (χ0v) is 14.9. The van der Waals surface area contributed by atoms with Crippen molar-refractivity contribution in [1.29, 1.82) is 0 Å². The minimum atomic E-state index is 0.140. The molecule has 23 heavy (non-hydrogen) atoms. The molecule has 1 heterocycles. The van der Waals surface area contributed by atoms with E-state index in [2.05, 4.69) is 47.5 Å². The van der Waals surface area contributed by atoms with Gasteiger partial charge in [0.15, 0.2) is 0 Å². The molecule has 2 aromatic rings. The number of rotatable bonds is 3. The van der Waals surface area contributed by atoms with Gasteiger partial charge in [-0.25, -0.2) is 0 Å². The first-order valence-corrected chi connectivity index (χ1v) is 8.87. The van der Waals surface area contributed by atoms with Crippen molar-refractivity contribution in [3.63, 3.8) is 0 Å². The predicted octanol–water partition coefficient (Wildman–Crippen LogP) is 4.69. The van der Waals surface area contributed by atoms with Gasteiger partial charge in [-0.3, -0.25) is 4.90 Å². The van der Waals surface area contributed by atoms with Gasteiger partial charge in [0, 0.05) is 19.6 Å². The zero-order valence-electron chi connectivity index (χ0n) is 13.4. The quantitative estimate of drug-likeness (QED) is 0.865. The summed E-state index contributed by atoms with van der Waals surface area (Å²) < 4.78 is 0. The molecule has 4 heteroatoms. The Kier molecular flexibility index (Phi) is 5.60. The standard InChI is InChI=1S/C19H22Cl2N2/c1-14-6-8-15(9-7-14)19(23-12-3-10-22-11-13-23)16-4-2-5-17(20)18(16)21/h2,4-9,19,22H,3,10-13H2,1H3. The summed E-state index contributed by atoms with van der Waals surface area (Å²) in [7, 11) is 0. The molecule has 3 rings (SSSR count). The van der Waals surface area contributed by atoms with E-state index in [1.54, 1.807) is 0 Å². The van der Waals surface area contributed by atoms with Crippen LogP contribution in [0.5, 0.6) is 0 Å². The summed E-state index contributed by atoms with van der Waals surface area (Å²) in [6, 6.07) is 14.8. The third-order valence-electron chi connectivity index (χ3n) is 4.41. The highest BCUT2D eigenvalue weighted by Crippen LogP contribution is 2.37. The van der Waals surface area contributed by atoms with Crippen molar-refractivity contribution in [2.45, 2.75) is 19.4 Å². The molecule has 1 saturated heterocycles. The molecule has 0 amide bonds. The number of benzene rings is 2. The van der Waals surface area contributed by atoms with Crippen molar-refractivity contribution in [3.8, 4) is 0 Å². The first-order valence-electron chi connectivity index (χ1n) is 8.12. The SMILES string of the molecule is Cc1ccc(C(c2cccc(Cl)c2Cl)N2CCCNCC2)cc1. The van der Waals surface area contributed by atoms with Crippen LogP contribution in [0.3, 0.4) is 0 Å². The molecule has 0 radical (unpaired) electrons. The number of nitrogens with zero attached hydrogens (tertiary/aromatic N) is 1. The van der Waals surface area contributed by atoms with E-state index in [0.717, 1.165) is 38.2 Å². The molecule has 1 unspecified atom stereocenters. The molecule has 0 spiro atoms. The van der Waals surface area contributed by atoms with Crippen LogP contribution in [0.25, 0.3) is 0 Å². The van der Waals surface area contributed by atoms with Crippen molar-refractivity contribution >= 4 is 23.2 Å². The fourth-order valence-corrected chi connectivity index (χ4v) is 3.60. The van der Waals surface area contributed by atoms with Crippen LogP contribution in [0.1, 0.15) is 29.2 Å². The second-order valence-electron chi connectivity index (χ2n) is 6.10. The number of nitrogens with one attached hydrogen (secondary N) is 1. The van der Waals surface area contributed by atoms with Crippen molar-refractivity contribution in [3.05, 3.63) is 69.2 Å². The summed E-state index contributed by atoms with van der Waals surface area (Å²) in [6.07, 6.45) is 1.14. The van der Waals surface area contributed by atoms with E-state index in [0.29, 0.717) is 10.0 Å². The summed E-state index contributed by atoms with van der Waals surface area (Å²) in [5.41, 5.74) is 3.62. The molecule has 1 aliphatic rings. The van der Waals surface area contributed by atoms with Crippen LogP contribution in [0.15, 0.2) is 42.5 Å². The summed E-state index contributed by atoms with van der Waals surface area (Å²) in [5.74, 6) is 0. The summed E-state index contributed by atoms with van der Waals surface area (Å²) in [4.78, 5) is 2.50. The smallest absolute Gasteiger partial charge is 0.0643 e. The Hall–Kier alpha value is -1.06. The Labute approximate surface area is 148 Å². The lowest BCUT2D eigenvalue weighted by molar-refractivity contribution is 0.241. The Morgan fingerprint density at radius 3 is 2.57 bits per heavy atom. The minimum absolute atomic E-state index is 0.140. The Balaban J connectivity index is 2.05. The molecule has 2 aromatic carbocycles. The van der Waals surface area contributed by atoms with Gasteiger partial charge in [0.1, 0.15) is 0 Å². The van der Waals surface area contributed by atoms with Gasteiger partial charge in [-0.2, -0.15) is 0 Å². The second kappa shape index (κ2) is 7.67. The van der Waals surface area contributed by atoms with Gasteiger partial charge >= 0.3 is 0 Å². The van der Waals surface area contributed by atoms with Gasteiger partial charge < -0.3 is 5.32 Å². The van der Waals surface area contributed by atoms with Crippen molar-refractivity contribution in [2.24, 2.45) is 0 Å². The molecule has 0 saturated carbocycles. The van der Waals surface area contributed by atoms with Crippen molar-refractivity contribution < 1.29 is 0 Å². The molecule has 0 aromatic heterocycles. The van der Waals surface area contributed by atoms with Gasteiger partial charge in [0.2, 0.25) is 0 Å². The highest BCUT2D eigenvalue weighted by atomic mass is 35.5. The predicted molar refractivity (Wildman–Crippen MR) is 98.5 cm³/mol. The van der Waals surface area contributed by atoms with Gasteiger partial charge in [-0.1, -0.05) is 65.2 Å². The molecule has 1 N–H and O–H groups in total. The maximum Gasteiger partial charge on any atom is 0.0643 e. The van der Waals surface area contributed by atoms with Crippen LogP contribution in [0.2, 0.25) is 10.0 Å². The van der Waals surface area contributed by atoms with Gasteiger partial charge in [0.25, 0.3) is 0 Å². The van der Waals surface area contributed by atoms with Crippen LogP contribution in [-0.2, 0) is 0 Å². The van der Waals surface area contributed by atoms with E-state index in [4.69, 9.17) is 23.2 Å². The number of hydrogen-bond donors (Lipinski definition) is 1. The molecule has 1 atom stereocenters. The topological polar surface area (TPSA) is 15.3 Å². The molecule has 0 aliphatic carbocycles. The van der Waals surface area contributed by atoms with E-state index in [-0.39, 0.29) is 6.04 Å². The average Bonchev–Trinajstić information content (AvgIpc) is 2.83. The Morgan fingerprint density at radius 1 is 1.00 bits per heavy atom. The zero-order chi connectivity index (χ0) is 16.2. The normalized spacial score (nSPS) is 17.7. The summed E-state index contributed by atoms with van der Waals surface area (Å²) in [5, 5.41) is 4.75. The first kappa shape index (κ1) is 16.8. The van der Waals surface area contributed by atoms with Crippen LogP contribution >= 0.6 is 23.2 Å². The van der Waals surface area contributed by atoms with Crippen LogP contribution in [0.4, 0.5) is 0 Å². The molecule has 2 nitrogen and oxygen atoms in total. The third-order valence-corrected chi connectivity index (χ3v) is 5.24. The van der Waals surface area contributed by atoms with E-state index in [9.17, 15) is 0 Å². The maximum atomic E-state index is 6.55. The van der Waals surface area contributed by atoms with Crippen LogP contribution in [0, 0.1) is 6.92 Å². The van der Waals surface area contributed by atoms with Gasteiger partial charge in [-0.05, 0) is 37.1 Å².